The maximum Gasteiger partial charge on any atom is 0.323 e. The topological polar surface area (TPSA) is 112 Å². The predicted molar refractivity (Wildman–Crippen MR) is 177 cm³/mol. The third-order valence-electron chi connectivity index (χ3n) is 7.81. The normalized spacial score (nSPS) is 14.3. The van der Waals surface area contributed by atoms with Gasteiger partial charge in [-0.3, -0.25) is 0 Å². The summed E-state index contributed by atoms with van der Waals surface area (Å²) >= 11 is 0. The van der Waals surface area contributed by atoms with Crippen molar-refractivity contribution in [2.45, 2.75) is 45.4 Å². The molecule has 1 saturated heterocycles. The van der Waals surface area contributed by atoms with Crippen LogP contribution in [0.4, 0.5) is 16.2 Å². The monoisotopic (exact) mass is 616 g/mol. The lowest BCUT2D eigenvalue weighted by Gasteiger charge is -2.25. The molecule has 0 radical (unpaired) electrons. The van der Waals surface area contributed by atoms with Crippen LogP contribution in [-0.2, 0) is 21.1 Å². The fourth-order valence-electron chi connectivity index (χ4n) is 5.36. The van der Waals surface area contributed by atoms with Crippen LogP contribution in [0.1, 0.15) is 45.0 Å². The molecule has 0 saturated carbocycles. The number of anilines is 2. The Bertz CT molecular complexity index is 1710. The summed E-state index contributed by atoms with van der Waals surface area (Å²) in [4.78, 5) is 22.5. The summed E-state index contributed by atoms with van der Waals surface area (Å²) in [6.07, 6.45) is 4.53. The second kappa shape index (κ2) is 13.0. The molecule has 0 bridgehead atoms. The highest BCUT2D eigenvalue weighted by Gasteiger charge is 2.26. The van der Waals surface area contributed by atoms with Crippen LogP contribution in [0.5, 0.6) is 17.4 Å². The molecule has 4 aromatic rings. The Hall–Kier alpha value is -3.94. The standard InChI is InChI=1S/C34H41N4O5P/c1-34(2,3)23-20-27(32(41-4)29(21-23)44(5,6)40)37-33(39)36-26-11-12-28(25-10-8-7-9-24(25)26)43-31-13-16-35-30(38-31)19-22-14-17-42-18-15-22/h7-13,16,20-22H,14-15,17-19H2,1-6H3,(H2,36,37,39). The second-order valence-corrected chi connectivity index (χ2v) is 15.8. The van der Waals surface area contributed by atoms with E-state index < -0.39 is 13.2 Å². The molecule has 0 spiro atoms. The Morgan fingerprint density at radius 3 is 2.39 bits per heavy atom. The fourth-order valence-corrected chi connectivity index (χ4v) is 6.51. The van der Waals surface area contributed by atoms with E-state index >= 15 is 0 Å². The van der Waals surface area contributed by atoms with E-state index in [1.54, 1.807) is 25.6 Å². The number of nitrogens with one attached hydrogen (secondary N) is 2. The average molecular weight is 617 g/mol. The summed E-state index contributed by atoms with van der Waals surface area (Å²) in [6.45, 7) is 11.2. The molecule has 10 heteroatoms. The summed E-state index contributed by atoms with van der Waals surface area (Å²) < 4.78 is 30.6. The average Bonchev–Trinajstić information content (AvgIpc) is 2.98. The Morgan fingerprint density at radius 1 is 1.00 bits per heavy atom. The van der Waals surface area contributed by atoms with Gasteiger partial charge in [0.2, 0.25) is 5.88 Å². The predicted octanol–water partition coefficient (Wildman–Crippen LogP) is 7.59. The number of carbonyl (C=O) groups excluding carboxylic acids is 1. The van der Waals surface area contributed by atoms with Crippen LogP contribution in [0.15, 0.2) is 60.8 Å². The van der Waals surface area contributed by atoms with Crippen molar-refractivity contribution < 1.29 is 23.6 Å². The molecular weight excluding hydrogens is 575 g/mol. The molecule has 2 amide bonds. The van der Waals surface area contributed by atoms with Gasteiger partial charge in [0.05, 0.1) is 23.8 Å². The highest BCUT2D eigenvalue weighted by molar-refractivity contribution is 7.70. The molecule has 1 aliphatic heterocycles. The molecule has 232 valence electrons. The third-order valence-corrected chi connectivity index (χ3v) is 9.30. The maximum atomic E-state index is 13.4. The summed E-state index contributed by atoms with van der Waals surface area (Å²) in [6, 6.07) is 16.4. The highest BCUT2D eigenvalue weighted by atomic mass is 31.2. The fraction of sp³-hybridized carbons (Fsp3) is 0.382. The number of ether oxygens (including phenoxy) is 3. The number of nitrogens with zero attached hydrogens (tertiary/aromatic N) is 2. The molecule has 5 rings (SSSR count). The summed E-state index contributed by atoms with van der Waals surface area (Å²) in [5.41, 5.74) is 1.78. The van der Waals surface area contributed by atoms with Crippen molar-refractivity contribution in [1.82, 2.24) is 9.97 Å². The number of amides is 2. The Morgan fingerprint density at radius 2 is 1.70 bits per heavy atom. The van der Waals surface area contributed by atoms with Gasteiger partial charge in [0.1, 0.15) is 18.7 Å². The molecule has 1 aliphatic rings. The van der Waals surface area contributed by atoms with Gasteiger partial charge in [-0.25, -0.2) is 9.78 Å². The van der Waals surface area contributed by atoms with Crippen molar-refractivity contribution in [3.8, 4) is 17.4 Å². The number of carbonyl (C=O) groups is 1. The lowest BCUT2D eigenvalue weighted by Crippen LogP contribution is -2.23. The number of fused-ring (bicyclic) bond motifs is 1. The van der Waals surface area contributed by atoms with Gasteiger partial charge in [-0.1, -0.05) is 45.0 Å². The maximum absolute atomic E-state index is 13.4. The number of methoxy groups -OCH3 is 1. The zero-order valence-corrected chi connectivity index (χ0v) is 27.2. The number of urea groups is 1. The van der Waals surface area contributed by atoms with Crippen LogP contribution in [0.2, 0.25) is 0 Å². The largest absolute Gasteiger partial charge is 0.494 e. The Kier molecular flexibility index (Phi) is 9.28. The van der Waals surface area contributed by atoms with Gasteiger partial charge in [0.15, 0.2) is 5.75 Å². The second-order valence-electron chi connectivity index (χ2n) is 12.6. The highest BCUT2D eigenvalue weighted by Crippen LogP contribution is 2.43. The first-order valence-electron chi connectivity index (χ1n) is 14.9. The van der Waals surface area contributed by atoms with Gasteiger partial charge in [0, 0.05) is 42.7 Å². The summed E-state index contributed by atoms with van der Waals surface area (Å²) in [7, 11) is -1.19. The lowest BCUT2D eigenvalue weighted by atomic mass is 9.86. The van der Waals surface area contributed by atoms with Gasteiger partial charge >= 0.3 is 6.03 Å². The van der Waals surface area contributed by atoms with Crippen LogP contribution in [0.3, 0.4) is 0 Å². The van der Waals surface area contributed by atoms with E-state index in [9.17, 15) is 9.36 Å². The summed E-state index contributed by atoms with van der Waals surface area (Å²) in [5, 5.41) is 8.14. The van der Waals surface area contributed by atoms with Crippen molar-refractivity contribution in [3.05, 3.63) is 72.2 Å². The molecule has 0 aliphatic carbocycles. The zero-order chi connectivity index (χ0) is 31.5. The van der Waals surface area contributed by atoms with Gasteiger partial charge < -0.3 is 29.4 Å². The third kappa shape index (κ3) is 7.40. The molecule has 2 heterocycles. The minimum atomic E-state index is -2.71. The van der Waals surface area contributed by atoms with E-state index in [1.165, 1.54) is 7.11 Å². The van der Waals surface area contributed by atoms with E-state index in [1.807, 2.05) is 48.5 Å². The first-order chi connectivity index (χ1) is 20.9. The molecule has 0 unspecified atom stereocenters. The van der Waals surface area contributed by atoms with Crippen molar-refractivity contribution in [2.24, 2.45) is 5.92 Å². The van der Waals surface area contributed by atoms with E-state index in [0.717, 1.165) is 54.6 Å². The minimum Gasteiger partial charge on any atom is -0.494 e. The van der Waals surface area contributed by atoms with Crippen molar-refractivity contribution in [2.75, 3.05) is 44.3 Å². The number of hydrogen-bond acceptors (Lipinski definition) is 7. The van der Waals surface area contributed by atoms with Crippen LogP contribution in [0, 0.1) is 5.92 Å². The minimum absolute atomic E-state index is 0.232. The quantitative estimate of drug-likeness (QED) is 0.196. The molecular formula is C34H41N4O5P. The summed E-state index contributed by atoms with van der Waals surface area (Å²) in [5.74, 6) is 2.75. The SMILES string of the molecule is COc1c(NC(=O)Nc2ccc(Oc3ccnc(CC4CCOCC4)n3)c3ccccc23)cc(C(C)(C)C)cc1P(C)(C)=O. The van der Waals surface area contributed by atoms with Crippen LogP contribution < -0.4 is 25.4 Å². The van der Waals surface area contributed by atoms with Crippen molar-refractivity contribution in [1.29, 1.82) is 0 Å². The van der Waals surface area contributed by atoms with Crippen LogP contribution in [0.25, 0.3) is 10.8 Å². The lowest BCUT2D eigenvalue weighted by molar-refractivity contribution is 0.0659. The molecule has 9 nitrogen and oxygen atoms in total. The first-order valence-corrected chi connectivity index (χ1v) is 17.5. The van der Waals surface area contributed by atoms with Gasteiger partial charge in [-0.15, -0.1) is 0 Å². The molecule has 1 aromatic heterocycles. The molecule has 1 fully saturated rings. The van der Waals surface area contributed by atoms with Gasteiger partial charge in [-0.2, -0.15) is 4.98 Å². The van der Waals surface area contributed by atoms with Gasteiger partial charge in [0.25, 0.3) is 0 Å². The molecule has 0 atom stereocenters. The number of hydrogen-bond donors (Lipinski definition) is 2. The van der Waals surface area contributed by atoms with Crippen LogP contribution in [-0.4, -0.2) is 49.7 Å². The number of benzene rings is 3. The number of aromatic nitrogens is 2. The Labute approximate surface area is 259 Å². The molecule has 44 heavy (non-hydrogen) atoms. The first kappa shape index (κ1) is 31.5. The van der Waals surface area contributed by atoms with Crippen molar-refractivity contribution >= 4 is 40.6 Å². The van der Waals surface area contributed by atoms with E-state index in [0.29, 0.717) is 40.0 Å². The molecule has 3 aromatic carbocycles. The van der Waals surface area contributed by atoms with Crippen LogP contribution >= 0.6 is 7.14 Å². The Balaban J connectivity index is 1.39. The van der Waals surface area contributed by atoms with E-state index in [-0.39, 0.29) is 5.41 Å². The zero-order valence-electron chi connectivity index (χ0n) is 26.3. The number of rotatable bonds is 8. The van der Waals surface area contributed by atoms with E-state index in [2.05, 4.69) is 41.4 Å². The van der Waals surface area contributed by atoms with Gasteiger partial charge in [-0.05, 0) is 67.3 Å². The molecule has 2 N–H and O–H groups in total. The smallest absolute Gasteiger partial charge is 0.323 e. The van der Waals surface area contributed by atoms with E-state index in [4.69, 9.17) is 14.2 Å². The van der Waals surface area contributed by atoms with Crippen molar-refractivity contribution in [3.63, 3.8) is 0 Å².